The summed E-state index contributed by atoms with van der Waals surface area (Å²) in [7, 11) is 2.07. The highest BCUT2D eigenvalue weighted by molar-refractivity contribution is 5.42. The van der Waals surface area contributed by atoms with Crippen LogP contribution in [0.15, 0.2) is 18.2 Å². The van der Waals surface area contributed by atoms with Crippen LogP contribution in [0.2, 0.25) is 0 Å². The molecule has 0 spiro atoms. The van der Waals surface area contributed by atoms with E-state index in [2.05, 4.69) is 44.4 Å². The Bertz CT molecular complexity index is 304. The molecular formula is C12H17N. The largest absolute Gasteiger partial charge is 0.310 e. The van der Waals surface area contributed by atoms with Gasteiger partial charge in [0.05, 0.1) is 0 Å². The zero-order chi connectivity index (χ0) is 9.47. The molecule has 1 saturated carbocycles. The molecule has 0 aliphatic heterocycles. The van der Waals surface area contributed by atoms with Crippen LogP contribution in [0.3, 0.4) is 0 Å². The van der Waals surface area contributed by atoms with Crippen LogP contribution in [0.4, 0.5) is 0 Å². The lowest BCUT2D eigenvalue weighted by Gasteiger charge is -2.19. The maximum absolute atomic E-state index is 3.45. The van der Waals surface area contributed by atoms with E-state index in [1.54, 1.807) is 0 Å². The van der Waals surface area contributed by atoms with Crippen LogP contribution >= 0.6 is 0 Å². The summed E-state index contributed by atoms with van der Waals surface area (Å²) in [4.78, 5) is 0. The normalized spacial score (nSPS) is 18.7. The molecule has 0 radical (unpaired) electrons. The van der Waals surface area contributed by atoms with E-state index in [9.17, 15) is 0 Å². The lowest BCUT2D eigenvalue weighted by Crippen LogP contribution is -2.26. The van der Waals surface area contributed by atoms with Crippen molar-refractivity contribution in [2.45, 2.75) is 32.2 Å². The molecule has 1 aliphatic carbocycles. The van der Waals surface area contributed by atoms with Crippen molar-refractivity contribution in [3.8, 4) is 0 Å². The quantitative estimate of drug-likeness (QED) is 0.728. The van der Waals surface area contributed by atoms with E-state index in [1.165, 1.54) is 29.5 Å². The van der Waals surface area contributed by atoms with Crippen LogP contribution in [-0.2, 0) is 5.54 Å². The van der Waals surface area contributed by atoms with Gasteiger partial charge in [-0.15, -0.1) is 0 Å². The summed E-state index contributed by atoms with van der Waals surface area (Å²) in [6, 6.07) is 6.55. The number of rotatable bonds is 2. The molecule has 2 rings (SSSR count). The second-order valence-electron chi connectivity index (χ2n) is 4.10. The number of aryl methyl sites for hydroxylation is 2. The zero-order valence-corrected chi connectivity index (χ0v) is 8.65. The molecule has 0 atom stereocenters. The fourth-order valence-corrected chi connectivity index (χ4v) is 2.32. The monoisotopic (exact) mass is 175 g/mol. The third kappa shape index (κ3) is 1.28. The van der Waals surface area contributed by atoms with Crippen molar-refractivity contribution in [1.29, 1.82) is 0 Å². The van der Waals surface area contributed by atoms with E-state index in [0.717, 1.165) is 0 Å². The molecular weight excluding hydrogens is 158 g/mol. The minimum atomic E-state index is 0.315. The molecule has 1 nitrogen and oxygen atoms in total. The van der Waals surface area contributed by atoms with Crippen LogP contribution in [0.25, 0.3) is 0 Å². The van der Waals surface area contributed by atoms with E-state index < -0.39 is 0 Å². The van der Waals surface area contributed by atoms with E-state index in [0.29, 0.717) is 5.54 Å². The van der Waals surface area contributed by atoms with Gasteiger partial charge in [0, 0.05) is 5.54 Å². The van der Waals surface area contributed by atoms with Crippen LogP contribution in [0.1, 0.15) is 29.5 Å². The first-order valence-electron chi connectivity index (χ1n) is 4.95. The van der Waals surface area contributed by atoms with Crippen molar-refractivity contribution in [3.05, 3.63) is 34.9 Å². The van der Waals surface area contributed by atoms with Crippen LogP contribution in [-0.4, -0.2) is 7.05 Å². The smallest absolute Gasteiger partial charge is 0.0439 e. The van der Waals surface area contributed by atoms with Gasteiger partial charge in [0.25, 0.3) is 0 Å². The van der Waals surface area contributed by atoms with Gasteiger partial charge in [0.2, 0.25) is 0 Å². The topological polar surface area (TPSA) is 12.0 Å². The third-order valence-corrected chi connectivity index (χ3v) is 3.19. The molecule has 1 aromatic carbocycles. The van der Waals surface area contributed by atoms with Gasteiger partial charge in [-0.1, -0.05) is 18.2 Å². The summed E-state index contributed by atoms with van der Waals surface area (Å²) in [5.41, 5.74) is 4.69. The summed E-state index contributed by atoms with van der Waals surface area (Å²) in [6.07, 6.45) is 2.57. The molecule has 0 saturated heterocycles. The maximum Gasteiger partial charge on any atom is 0.0439 e. The molecule has 1 fully saturated rings. The van der Waals surface area contributed by atoms with Gasteiger partial charge in [-0.25, -0.2) is 0 Å². The number of hydrogen-bond donors (Lipinski definition) is 1. The van der Waals surface area contributed by atoms with Crippen molar-refractivity contribution in [2.75, 3.05) is 7.05 Å². The first kappa shape index (κ1) is 8.76. The van der Waals surface area contributed by atoms with E-state index >= 15 is 0 Å². The predicted octanol–water partition coefficient (Wildman–Crippen LogP) is 2.51. The molecule has 13 heavy (non-hydrogen) atoms. The minimum Gasteiger partial charge on any atom is -0.310 e. The SMILES string of the molecule is CNC1(c2c(C)cccc2C)CC1. The van der Waals surface area contributed by atoms with Gasteiger partial charge in [-0.3, -0.25) is 0 Å². The Hall–Kier alpha value is -0.820. The maximum atomic E-state index is 3.45. The second-order valence-corrected chi connectivity index (χ2v) is 4.10. The van der Waals surface area contributed by atoms with Crippen LogP contribution < -0.4 is 5.32 Å². The van der Waals surface area contributed by atoms with Crippen LogP contribution in [0, 0.1) is 13.8 Å². The van der Waals surface area contributed by atoms with Gasteiger partial charge in [-0.05, 0) is 50.4 Å². The van der Waals surface area contributed by atoms with Crippen molar-refractivity contribution < 1.29 is 0 Å². The molecule has 1 N–H and O–H groups in total. The zero-order valence-electron chi connectivity index (χ0n) is 8.65. The average Bonchev–Trinajstić information content (AvgIpc) is 2.85. The van der Waals surface area contributed by atoms with Gasteiger partial charge >= 0.3 is 0 Å². The van der Waals surface area contributed by atoms with E-state index in [-0.39, 0.29) is 0 Å². The highest BCUT2D eigenvalue weighted by Gasteiger charge is 2.44. The minimum absolute atomic E-state index is 0.315. The average molecular weight is 175 g/mol. The van der Waals surface area contributed by atoms with E-state index in [4.69, 9.17) is 0 Å². The molecule has 1 aliphatic rings. The van der Waals surface area contributed by atoms with Crippen molar-refractivity contribution in [3.63, 3.8) is 0 Å². The molecule has 0 aromatic heterocycles. The van der Waals surface area contributed by atoms with Crippen molar-refractivity contribution in [1.82, 2.24) is 5.32 Å². The summed E-state index contributed by atoms with van der Waals surface area (Å²) in [5.74, 6) is 0. The van der Waals surface area contributed by atoms with Crippen molar-refractivity contribution >= 4 is 0 Å². The Morgan fingerprint density at radius 2 is 1.69 bits per heavy atom. The lowest BCUT2D eigenvalue weighted by atomic mass is 9.94. The Kier molecular flexibility index (Phi) is 1.92. The molecule has 0 bridgehead atoms. The molecule has 0 unspecified atom stereocenters. The molecule has 0 amide bonds. The Morgan fingerprint density at radius 1 is 1.15 bits per heavy atom. The molecule has 70 valence electrons. The Balaban J connectivity index is 2.50. The summed E-state index contributed by atoms with van der Waals surface area (Å²) < 4.78 is 0. The first-order valence-corrected chi connectivity index (χ1v) is 4.95. The molecule has 1 heteroatoms. The number of nitrogens with one attached hydrogen (secondary N) is 1. The second kappa shape index (κ2) is 2.85. The Labute approximate surface area is 80.2 Å². The fourth-order valence-electron chi connectivity index (χ4n) is 2.32. The first-order chi connectivity index (χ1) is 6.19. The highest BCUT2D eigenvalue weighted by Crippen LogP contribution is 2.47. The lowest BCUT2D eigenvalue weighted by molar-refractivity contribution is 0.578. The van der Waals surface area contributed by atoms with Gasteiger partial charge in [0.1, 0.15) is 0 Å². The van der Waals surface area contributed by atoms with Crippen molar-refractivity contribution in [2.24, 2.45) is 0 Å². The predicted molar refractivity (Wildman–Crippen MR) is 55.9 cm³/mol. The highest BCUT2D eigenvalue weighted by atomic mass is 15.0. The Morgan fingerprint density at radius 3 is 2.08 bits per heavy atom. The van der Waals surface area contributed by atoms with E-state index in [1.807, 2.05) is 0 Å². The molecule has 0 heterocycles. The van der Waals surface area contributed by atoms with Gasteiger partial charge in [-0.2, -0.15) is 0 Å². The number of hydrogen-bond acceptors (Lipinski definition) is 1. The third-order valence-electron chi connectivity index (χ3n) is 3.19. The summed E-state index contributed by atoms with van der Waals surface area (Å²) in [5, 5.41) is 3.45. The van der Waals surface area contributed by atoms with Gasteiger partial charge < -0.3 is 5.32 Å². The fraction of sp³-hybridized carbons (Fsp3) is 0.500. The van der Waals surface area contributed by atoms with Gasteiger partial charge in [0.15, 0.2) is 0 Å². The van der Waals surface area contributed by atoms with Crippen LogP contribution in [0.5, 0.6) is 0 Å². The summed E-state index contributed by atoms with van der Waals surface area (Å²) in [6.45, 7) is 4.42. The standard InChI is InChI=1S/C12H17N/c1-9-5-4-6-10(2)11(9)12(13-3)7-8-12/h4-6,13H,7-8H2,1-3H3. The summed E-state index contributed by atoms with van der Waals surface area (Å²) >= 11 is 0. The number of benzene rings is 1. The molecule has 1 aromatic rings.